The fraction of sp³-hybridized carbons (Fsp3) is 0.400. The molecule has 8 heteroatoms. The average Bonchev–Trinajstić information content (AvgIpc) is 2.66. The lowest BCUT2D eigenvalue weighted by molar-refractivity contribution is -0.231. The second-order valence-corrected chi connectivity index (χ2v) is 9.10. The van der Waals surface area contributed by atoms with Crippen molar-refractivity contribution in [3.63, 3.8) is 0 Å². The van der Waals surface area contributed by atoms with Crippen molar-refractivity contribution in [2.75, 3.05) is 12.9 Å². The van der Waals surface area contributed by atoms with Crippen molar-refractivity contribution in [3.05, 3.63) is 65.2 Å². The molecular formula is C20H24O7S. The Kier molecular flexibility index (Phi) is 6.18. The third kappa shape index (κ3) is 4.43. The van der Waals surface area contributed by atoms with Gasteiger partial charge in [-0.3, -0.25) is 0 Å². The molecule has 4 N–H and O–H groups in total. The molecule has 0 bridgehead atoms. The van der Waals surface area contributed by atoms with Gasteiger partial charge in [0.05, 0.1) is 11.5 Å². The highest BCUT2D eigenvalue weighted by molar-refractivity contribution is 7.90. The van der Waals surface area contributed by atoms with Crippen LogP contribution in [0.15, 0.2) is 53.4 Å². The van der Waals surface area contributed by atoms with Gasteiger partial charge in [0, 0.05) is 6.26 Å². The Bertz CT molecular complexity index is 908. The van der Waals surface area contributed by atoms with Crippen LogP contribution in [0.2, 0.25) is 0 Å². The van der Waals surface area contributed by atoms with Gasteiger partial charge in [-0.25, -0.2) is 8.42 Å². The Morgan fingerprint density at radius 2 is 1.61 bits per heavy atom. The van der Waals surface area contributed by atoms with Gasteiger partial charge in [0.2, 0.25) is 0 Å². The van der Waals surface area contributed by atoms with Crippen molar-refractivity contribution in [2.24, 2.45) is 0 Å². The summed E-state index contributed by atoms with van der Waals surface area (Å²) in [5, 5.41) is 39.5. The minimum atomic E-state index is -3.25. The number of sulfone groups is 1. The minimum Gasteiger partial charge on any atom is -0.394 e. The maximum absolute atomic E-state index is 11.6. The van der Waals surface area contributed by atoms with Crippen molar-refractivity contribution >= 4 is 9.84 Å². The highest BCUT2D eigenvalue weighted by Gasteiger charge is 2.43. The van der Waals surface area contributed by atoms with Crippen LogP contribution in [-0.2, 0) is 21.0 Å². The van der Waals surface area contributed by atoms with Gasteiger partial charge < -0.3 is 25.2 Å². The molecule has 28 heavy (non-hydrogen) atoms. The zero-order valence-electron chi connectivity index (χ0n) is 15.3. The quantitative estimate of drug-likeness (QED) is 0.557. The molecule has 0 aromatic heterocycles. The van der Waals surface area contributed by atoms with Gasteiger partial charge in [-0.15, -0.1) is 0 Å². The van der Waals surface area contributed by atoms with Gasteiger partial charge in [-0.1, -0.05) is 36.4 Å². The molecule has 0 unspecified atom stereocenters. The van der Waals surface area contributed by atoms with Gasteiger partial charge in [-0.2, -0.15) is 0 Å². The molecule has 1 fully saturated rings. The first kappa shape index (κ1) is 20.9. The summed E-state index contributed by atoms with van der Waals surface area (Å²) in [7, 11) is -3.25. The predicted octanol–water partition coefficient (Wildman–Crippen LogP) is 0.196. The molecule has 7 nitrogen and oxygen atoms in total. The summed E-state index contributed by atoms with van der Waals surface area (Å²) in [6, 6.07) is 13.8. The summed E-state index contributed by atoms with van der Waals surface area (Å²) in [5.41, 5.74) is 2.43. The summed E-state index contributed by atoms with van der Waals surface area (Å²) in [4.78, 5) is 0.256. The van der Waals surface area contributed by atoms with E-state index in [9.17, 15) is 28.8 Å². The van der Waals surface area contributed by atoms with Gasteiger partial charge in [0.1, 0.15) is 30.5 Å². The summed E-state index contributed by atoms with van der Waals surface area (Å²) < 4.78 is 28.7. The second-order valence-electron chi connectivity index (χ2n) is 7.09. The average molecular weight is 408 g/mol. The van der Waals surface area contributed by atoms with Crippen LogP contribution in [0.3, 0.4) is 0 Å². The van der Waals surface area contributed by atoms with Crippen LogP contribution in [0.1, 0.15) is 22.8 Å². The van der Waals surface area contributed by atoms with Crippen molar-refractivity contribution in [2.45, 2.75) is 41.8 Å². The molecule has 2 aromatic rings. The molecule has 3 rings (SSSR count). The zero-order chi connectivity index (χ0) is 20.5. The lowest BCUT2D eigenvalue weighted by Crippen LogP contribution is -2.55. The van der Waals surface area contributed by atoms with E-state index in [0.717, 1.165) is 17.4 Å². The van der Waals surface area contributed by atoms with E-state index < -0.39 is 47.0 Å². The molecule has 1 aliphatic rings. The Morgan fingerprint density at radius 3 is 2.21 bits per heavy atom. The molecule has 1 heterocycles. The summed E-state index contributed by atoms with van der Waals surface area (Å²) >= 11 is 0. The molecule has 0 saturated carbocycles. The van der Waals surface area contributed by atoms with E-state index in [2.05, 4.69) is 0 Å². The fourth-order valence-electron chi connectivity index (χ4n) is 3.35. The molecule has 152 valence electrons. The van der Waals surface area contributed by atoms with E-state index in [1.54, 1.807) is 36.4 Å². The minimum absolute atomic E-state index is 0.256. The smallest absolute Gasteiger partial charge is 0.175 e. The molecule has 0 amide bonds. The topological polar surface area (TPSA) is 124 Å². The highest BCUT2D eigenvalue weighted by Crippen LogP contribution is 2.33. The van der Waals surface area contributed by atoms with Crippen LogP contribution in [0.5, 0.6) is 0 Å². The number of hydrogen-bond acceptors (Lipinski definition) is 7. The Labute approximate surface area is 163 Å². The van der Waals surface area contributed by atoms with E-state index in [1.165, 1.54) is 0 Å². The summed E-state index contributed by atoms with van der Waals surface area (Å²) in [5.74, 6) is 0. The maximum atomic E-state index is 11.6. The van der Waals surface area contributed by atoms with Gasteiger partial charge in [0.15, 0.2) is 9.84 Å². The Hall–Kier alpha value is -1.81. The van der Waals surface area contributed by atoms with Crippen LogP contribution in [0, 0.1) is 0 Å². The van der Waals surface area contributed by atoms with E-state index in [4.69, 9.17) is 4.74 Å². The first-order valence-electron chi connectivity index (χ1n) is 8.89. The molecular weight excluding hydrogens is 384 g/mol. The van der Waals surface area contributed by atoms with E-state index in [-0.39, 0.29) is 4.90 Å². The number of hydrogen-bond donors (Lipinski definition) is 4. The van der Waals surface area contributed by atoms with Gasteiger partial charge in [0.25, 0.3) is 0 Å². The van der Waals surface area contributed by atoms with Gasteiger partial charge >= 0.3 is 0 Å². The lowest BCUT2D eigenvalue weighted by atomic mass is 9.90. The third-order valence-electron chi connectivity index (χ3n) is 4.93. The predicted molar refractivity (Wildman–Crippen MR) is 102 cm³/mol. The standard InChI is InChI=1S/C20H24O7S/c1-28(25,26)15-7-5-12(6-8-15)9-13-3-2-4-14(10-13)20-19(24)18(23)17(22)16(11-21)27-20/h2-8,10,16-24H,9,11H2,1H3/t16-,17-,18+,19-,20+/m1/s1. The molecule has 2 aromatic carbocycles. The van der Waals surface area contributed by atoms with Crippen molar-refractivity contribution in [1.82, 2.24) is 0 Å². The van der Waals surface area contributed by atoms with Crippen LogP contribution in [-0.4, -0.2) is 66.1 Å². The first-order chi connectivity index (χ1) is 13.2. The zero-order valence-corrected chi connectivity index (χ0v) is 16.2. The van der Waals surface area contributed by atoms with Crippen LogP contribution < -0.4 is 0 Å². The van der Waals surface area contributed by atoms with Crippen LogP contribution >= 0.6 is 0 Å². The van der Waals surface area contributed by atoms with E-state index in [0.29, 0.717) is 12.0 Å². The molecule has 1 aliphatic heterocycles. The third-order valence-corrected chi connectivity index (χ3v) is 6.06. The van der Waals surface area contributed by atoms with Crippen LogP contribution in [0.4, 0.5) is 0 Å². The van der Waals surface area contributed by atoms with Crippen molar-refractivity contribution in [3.8, 4) is 0 Å². The molecule has 1 saturated heterocycles. The number of benzene rings is 2. The number of ether oxygens (including phenoxy) is 1. The Morgan fingerprint density at radius 1 is 0.929 bits per heavy atom. The first-order valence-corrected chi connectivity index (χ1v) is 10.8. The van der Waals surface area contributed by atoms with Crippen molar-refractivity contribution < 1.29 is 33.6 Å². The lowest BCUT2D eigenvalue weighted by Gasteiger charge is -2.40. The largest absolute Gasteiger partial charge is 0.394 e. The monoisotopic (exact) mass is 408 g/mol. The van der Waals surface area contributed by atoms with Gasteiger partial charge in [-0.05, 0) is 35.2 Å². The molecule has 5 atom stereocenters. The summed E-state index contributed by atoms with van der Waals surface area (Å²) in [6.07, 6.45) is -4.31. The normalized spacial score (nSPS) is 28.2. The van der Waals surface area contributed by atoms with E-state index >= 15 is 0 Å². The number of aliphatic hydroxyl groups is 4. The SMILES string of the molecule is CS(=O)(=O)c1ccc(Cc2cccc([C@@H]3O[C@H](CO)[C@@H](O)[C@H](O)[C@H]3O)c2)cc1. The maximum Gasteiger partial charge on any atom is 0.175 e. The molecule has 0 radical (unpaired) electrons. The second kappa shape index (κ2) is 8.28. The van der Waals surface area contributed by atoms with Crippen molar-refractivity contribution in [1.29, 1.82) is 0 Å². The summed E-state index contributed by atoms with van der Waals surface area (Å²) in [6.45, 7) is -0.478. The number of aliphatic hydroxyl groups excluding tert-OH is 4. The molecule has 0 spiro atoms. The van der Waals surface area contributed by atoms with Crippen LogP contribution in [0.25, 0.3) is 0 Å². The van der Waals surface area contributed by atoms with E-state index in [1.807, 2.05) is 12.1 Å². The molecule has 0 aliphatic carbocycles. The number of rotatable bonds is 5. The fourth-order valence-corrected chi connectivity index (χ4v) is 3.98. The Balaban J connectivity index is 1.80. The highest BCUT2D eigenvalue weighted by atomic mass is 32.2.